The molecule has 0 fully saturated rings. The molecular formula is C20H22FN3OS. The third-order valence-corrected chi connectivity index (χ3v) is 6.15. The number of halogens is 1. The molecule has 136 valence electrons. The van der Waals surface area contributed by atoms with E-state index in [4.69, 9.17) is 0 Å². The van der Waals surface area contributed by atoms with E-state index in [2.05, 4.69) is 16.5 Å². The number of hydrogen-bond donors (Lipinski definition) is 1. The highest BCUT2D eigenvalue weighted by Gasteiger charge is 2.27. The third-order valence-electron chi connectivity index (χ3n) is 5.05. The predicted octanol–water partition coefficient (Wildman–Crippen LogP) is 4.45. The normalized spacial score (nSPS) is 15.8. The molecule has 0 saturated carbocycles. The van der Waals surface area contributed by atoms with Gasteiger partial charge in [-0.05, 0) is 50.3 Å². The predicted molar refractivity (Wildman–Crippen MR) is 102 cm³/mol. The number of carbonyl (C=O) groups is 1. The Hall–Kier alpha value is -2.08. The smallest absolute Gasteiger partial charge is 0.272 e. The average Bonchev–Trinajstić information content (AvgIpc) is 3.00. The average molecular weight is 371 g/mol. The van der Waals surface area contributed by atoms with Gasteiger partial charge in [-0.2, -0.15) is 5.10 Å². The van der Waals surface area contributed by atoms with Crippen molar-refractivity contribution < 1.29 is 9.18 Å². The first-order valence-electron chi connectivity index (χ1n) is 9.08. The van der Waals surface area contributed by atoms with Crippen LogP contribution in [0.5, 0.6) is 0 Å². The Bertz CT molecular complexity index is 887. The molecule has 1 N–H and O–H groups in total. The molecule has 0 bridgehead atoms. The van der Waals surface area contributed by atoms with Gasteiger partial charge in [-0.1, -0.05) is 11.6 Å². The van der Waals surface area contributed by atoms with E-state index in [1.54, 1.807) is 22.5 Å². The maximum atomic E-state index is 13.7. The summed E-state index contributed by atoms with van der Waals surface area (Å²) in [5, 5.41) is 7.45. The summed E-state index contributed by atoms with van der Waals surface area (Å²) >= 11 is 1.62. The minimum atomic E-state index is -0.273. The van der Waals surface area contributed by atoms with Crippen molar-refractivity contribution in [2.24, 2.45) is 7.05 Å². The van der Waals surface area contributed by atoms with Crippen molar-refractivity contribution in [1.29, 1.82) is 0 Å². The fourth-order valence-corrected chi connectivity index (χ4v) is 4.79. The molecule has 1 aromatic heterocycles. The van der Waals surface area contributed by atoms with Crippen LogP contribution in [0.25, 0.3) is 11.3 Å². The highest BCUT2D eigenvalue weighted by molar-refractivity contribution is 7.98. The zero-order chi connectivity index (χ0) is 18.1. The number of amides is 1. The lowest BCUT2D eigenvalue weighted by Crippen LogP contribution is -2.26. The zero-order valence-electron chi connectivity index (χ0n) is 14.8. The van der Waals surface area contributed by atoms with E-state index < -0.39 is 0 Å². The fourth-order valence-electron chi connectivity index (χ4n) is 3.74. The highest BCUT2D eigenvalue weighted by Crippen LogP contribution is 2.42. The molecule has 0 spiro atoms. The summed E-state index contributed by atoms with van der Waals surface area (Å²) in [4.78, 5) is 13.7. The monoisotopic (exact) mass is 371 g/mol. The lowest BCUT2D eigenvalue weighted by molar-refractivity contribution is 0.0947. The van der Waals surface area contributed by atoms with Crippen LogP contribution in [-0.2, 0) is 12.8 Å². The Morgan fingerprint density at radius 2 is 2.27 bits per heavy atom. The Morgan fingerprint density at radius 3 is 3.08 bits per heavy atom. The largest absolute Gasteiger partial charge is 0.350 e. The molecule has 1 aliphatic heterocycles. The van der Waals surface area contributed by atoms with E-state index in [9.17, 15) is 9.18 Å². The van der Waals surface area contributed by atoms with Crippen molar-refractivity contribution in [2.45, 2.75) is 42.8 Å². The molecule has 1 amide bonds. The number of aromatic nitrogens is 2. The lowest BCUT2D eigenvalue weighted by Gasteiger charge is -2.17. The van der Waals surface area contributed by atoms with Crippen LogP contribution in [0.4, 0.5) is 4.39 Å². The quantitative estimate of drug-likeness (QED) is 0.808. The van der Waals surface area contributed by atoms with Gasteiger partial charge in [0.05, 0.1) is 5.69 Å². The standard InChI is InChI=1S/C20H22FN3OS/c1-24-19-15-11-14(21)7-8-17(15)26-12-16(19)18(23-24)20(25)22-10-9-13-5-3-2-4-6-13/h5,7-8,11H,2-4,6,9-10,12H2,1H3,(H,22,25). The molecule has 2 heterocycles. The first-order valence-corrected chi connectivity index (χ1v) is 10.1. The Morgan fingerprint density at radius 1 is 1.38 bits per heavy atom. The SMILES string of the molecule is Cn1nc(C(=O)NCCC2=CCCCC2)c2c1-c1cc(F)ccc1SC2. The van der Waals surface area contributed by atoms with Crippen molar-refractivity contribution in [3.05, 3.63) is 46.9 Å². The van der Waals surface area contributed by atoms with Gasteiger partial charge in [-0.15, -0.1) is 11.8 Å². The van der Waals surface area contributed by atoms with E-state index in [-0.39, 0.29) is 11.7 Å². The van der Waals surface area contributed by atoms with Crippen LogP contribution in [0.1, 0.15) is 48.2 Å². The van der Waals surface area contributed by atoms with Crippen LogP contribution in [0.3, 0.4) is 0 Å². The van der Waals surface area contributed by atoms with Gasteiger partial charge in [0.2, 0.25) is 0 Å². The summed E-state index contributed by atoms with van der Waals surface area (Å²) in [5.41, 5.74) is 4.46. The number of aryl methyl sites for hydroxylation is 1. The maximum absolute atomic E-state index is 13.7. The molecule has 0 atom stereocenters. The molecule has 2 aliphatic rings. The second-order valence-electron chi connectivity index (χ2n) is 6.84. The number of nitrogens with one attached hydrogen (secondary N) is 1. The number of hydrogen-bond acceptors (Lipinski definition) is 3. The van der Waals surface area contributed by atoms with E-state index in [0.29, 0.717) is 18.0 Å². The molecule has 0 unspecified atom stereocenters. The Balaban J connectivity index is 1.52. The molecule has 2 aromatic rings. The van der Waals surface area contributed by atoms with E-state index in [1.807, 2.05) is 7.05 Å². The molecule has 4 rings (SSSR count). The van der Waals surface area contributed by atoms with Crippen LogP contribution < -0.4 is 5.32 Å². The Labute approximate surface area is 156 Å². The maximum Gasteiger partial charge on any atom is 0.272 e. The van der Waals surface area contributed by atoms with Crippen LogP contribution in [-0.4, -0.2) is 22.2 Å². The van der Waals surface area contributed by atoms with Gasteiger partial charge in [0, 0.05) is 35.4 Å². The van der Waals surface area contributed by atoms with Gasteiger partial charge >= 0.3 is 0 Å². The van der Waals surface area contributed by atoms with Crippen molar-refractivity contribution in [1.82, 2.24) is 15.1 Å². The van der Waals surface area contributed by atoms with Crippen molar-refractivity contribution in [3.8, 4) is 11.3 Å². The lowest BCUT2D eigenvalue weighted by atomic mass is 9.97. The summed E-state index contributed by atoms with van der Waals surface area (Å²) in [6, 6.07) is 4.79. The number of rotatable bonds is 4. The molecule has 1 aromatic carbocycles. The van der Waals surface area contributed by atoms with Gasteiger partial charge in [0.1, 0.15) is 5.82 Å². The van der Waals surface area contributed by atoms with Crippen LogP contribution in [0, 0.1) is 5.82 Å². The summed E-state index contributed by atoms with van der Waals surface area (Å²) < 4.78 is 15.4. The van der Waals surface area contributed by atoms with Gasteiger partial charge in [0.15, 0.2) is 5.69 Å². The van der Waals surface area contributed by atoms with E-state index in [0.717, 1.165) is 41.0 Å². The Kier molecular flexibility index (Phi) is 4.85. The number of benzene rings is 1. The molecular weight excluding hydrogens is 349 g/mol. The highest BCUT2D eigenvalue weighted by atomic mass is 32.2. The van der Waals surface area contributed by atoms with Gasteiger partial charge in [-0.3, -0.25) is 9.48 Å². The van der Waals surface area contributed by atoms with Gasteiger partial charge in [-0.25, -0.2) is 4.39 Å². The number of nitrogens with zero attached hydrogens (tertiary/aromatic N) is 2. The van der Waals surface area contributed by atoms with Crippen LogP contribution >= 0.6 is 11.8 Å². The minimum absolute atomic E-state index is 0.140. The molecule has 6 heteroatoms. The third kappa shape index (κ3) is 3.30. The second-order valence-corrected chi connectivity index (χ2v) is 7.86. The number of carbonyl (C=O) groups excluding carboxylic acids is 1. The van der Waals surface area contributed by atoms with Crippen LogP contribution in [0.2, 0.25) is 0 Å². The molecule has 4 nitrogen and oxygen atoms in total. The molecule has 0 radical (unpaired) electrons. The molecule has 0 saturated heterocycles. The topological polar surface area (TPSA) is 46.9 Å². The van der Waals surface area contributed by atoms with E-state index in [1.165, 1.54) is 30.5 Å². The number of allylic oxidation sites excluding steroid dienone is 1. The van der Waals surface area contributed by atoms with Crippen molar-refractivity contribution in [3.63, 3.8) is 0 Å². The number of thioether (sulfide) groups is 1. The number of fused-ring (bicyclic) bond motifs is 3. The van der Waals surface area contributed by atoms with Gasteiger partial charge in [0.25, 0.3) is 5.91 Å². The summed E-state index contributed by atoms with van der Waals surface area (Å²) in [7, 11) is 1.81. The summed E-state index contributed by atoms with van der Waals surface area (Å²) in [6.45, 7) is 0.633. The summed E-state index contributed by atoms with van der Waals surface area (Å²) in [5.74, 6) is 0.263. The second kappa shape index (κ2) is 7.27. The molecule has 1 aliphatic carbocycles. The van der Waals surface area contributed by atoms with Crippen LogP contribution in [0.15, 0.2) is 34.7 Å². The molecule has 26 heavy (non-hydrogen) atoms. The van der Waals surface area contributed by atoms with Crippen molar-refractivity contribution in [2.75, 3.05) is 6.54 Å². The van der Waals surface area contributed by atoms with E-state index >= 15 is 0 Å². The first-order chi connectivity index (χ1) is 12.6. The zero-order valence-corrected chi connectivity index (χ0v) is 15.7. The fraction of sp³-hybridized carbons (Fsp3) is 0.400. The van der Waals surface area contributed by atoms with Gasteiger partial charge < -0.3 is 5.32 Å². The van der Waals surface area contributed by atoms with Crippen molar-refractivity contribution >= 4 is 17.7 Å². The summed E-state index contributed by atoms with van der Waals surface area (Å²) in [6.07, 6.45) is 8.04. The minimum Gasteiger partial charge on any atom is -0.350 e. The first kappa shape index (κ1) is 17.3.